The zero-order chi connectivity index (χ0) is 14.3. The molecular formula is C14H10BrFN2O2. The van der Waals surface area contributed by atoms with E-state index in [2.05, 4.69) is 15.9 Å². The minimum absolute atomic E-state index is 0.0106. The van der Waals surface area contributed by atoms with E-state index < -0.39 is 4.92 Å². The van der Waals surface area contributed by atoms with Gasteiger partial charge in [0.1, 0.15) is 11.5 Å². The van der Waals surface area contributed by atoms with Crippen LogP contribution in [0.4, 0.5) is 21.5 Å². The van der Waals surface area contributed by atoms with E-state index in [9.17, 15) is 14.5 Å². The van der Waals surface area contributed by atoms with Crippen molar-refractivity contribution in [2.75, 3.05) is 11.4 Å². The van der Waals surface area contributed by atoms with Crippen LogP contribution in [0.3, 0.4) is 0 Å². The van der Waals surface area contributed by atoms with Gasteiger partial charge < -0.3 is 4.90 Å². The molecule has 6 heteroatoms. The summed E-state index contributed by atoms with van der Waals surface area (Å²) in [6.07, 6.45) is 0.753. The van der Waals surface area contributed by atoms with Crippen LogP contribution in [-0.4, -0.2) is 11.5 Å². The van der Waals surface area contributed by atoms with Gasteiger partial charge in [-0.15, -0.1) is 0 Å². The Morgan fingerprint density at radius 1 is 1.20 bits per heavy atom. The molecule has 20 heavy (non-hydrogen) atoms. The van der Waals surface area contributed by atoms with Gasteiger partial charge >= 0.3 is 0 Å². The van der Waals surface area contributed by atoms with Gasteiger partial charge in [-0.05, 0) is 36.2 Å². The number of nitro groups is 1. The summed E-state index contributed by atoms with van der Waals surface area (Å²) in [5.74, 6) is -0.338. The normalized spacial score (nSPS) is 13.4. The van der Waals surface area contributed by atoms with Crippen LogP contribution in [0, 0.1) is 15.9 Å². The highest BCUT2D eigenvalue weighted by Gasteiger charge is 2.26. The Labute approximate surface area is 123 Å². The molecule has 0 spiro atoms. The molecule has 4 nitrogen and oxygen atoms in total. The highest BCUT2D eigenvalue weighted by Crippen LogP contribution is 2.40. The van der Waals surface area contributed by atoms with Crippen molar-refractivity contribution in [1.29, 1.82) is 0 Å². The number of nitro benzene ring substituents is 1. The average Bonchev–Trinajstić information content (AvgIpc) is 2.81. The third-order valence-corrected chi connectivity index (χ3v) is 3.86. The number of hydrogen-bond acceptors (Lipinski definition) is 3. The van der Waals surface area contributed by atoms with Gasteiger partial charge in [-0.3, -0.25) is 10.1 Å². The number of nitrogens with zero attached hydrogens (tertiary/aromatic N) is 2. The zero-order valence-electron chi connectivity index (χ0n) is 10.3. The van der Waals surface area contributed by atoms with E-state index in [1.807, 2.05) is 0 Å². The second-order valence-corrected chi connectivity index (χ2v) is 5.48. The highest BCUT2D eigenvalue weighted by molar-refractivity contribution is 9.10. The first-order valence-corrected chi connectivity index (χ1v) is 6.85. The molecule has 0 radical (unpaired) electrons. The molecule has 102 valence electrons. The lowest BCUT2D eigenvalue weighted by atomic mass is 10.1. The van der Waals surface area contributed by atoms with Gasteiger partial charge in [0.2, 0.25) is 0 Å². The largest absolute Gasteiger partial charge is 0.335 e. The van der Waals surface area contributed by atoms with Crippen LogP contribution in [0.1, 0.15) is 5.56 Å². The Morgan fingerprint density at radius 2 is 2.00 bits per heavy atom. The second kappa shape index (κ2) is 4.86. The SMILES string of the molecule is O=[N+]([O-])c1cc(Br)ccc1N1CCc2ccc(F)cc21. The summed E-state index contributed by atoms with van der Waals surface area (Å²) in [7, 11) is 0. The molecule has 0 aromatic heterocycles. The molecule has 0 aliphatic carbocycles. The summed E-state index contributed by atoms with van der Waals surface area (Å²) in [6.45, 7) is 0.612. The number of fused-ring (bicyclic) bond motifs is 1. The first kappa shape index (κ1) is 13.1. The van der Waals surface area contributed by atoms with Gasteiger partial charge in [0.25, 0.3) is 5.69 Å². The maximum Gasteiger partial charge on any atom is 0.294 e. The molecule has 1 aliphatic heterocycles. The number of hydrogen-bond donors (Lipinski definition) is 0. The summed E-state index contributed by atoms with van der Waals surface area (Å²) in [5.41, 5.74) is 2.21. The predicted octanol–water partition coefficient (Wildman–Crippen LogP) is 4.19. The Balaban J connectivity index is 2.13. The number of rotatable bonds is 2. The van der Waals surface area contributed by atoms with Crippen LogP contribution in [-0.2, 0) is 6.42 Å². The van der Waals surface area contributed by atoms with Gasteiger partial charge in [-0.1, -0.05) is 22.0 Å². The molecule has 2 aromatic carbocycles. The highest BCUT2D eigenvalue weighted by atomic mass is 79.9. The van der Waals surface area contributed by atoms with Crippen LogP contribution in [0.2, 0.25) is 0 Å². The van der Waals surface area contributed by atoms with Crippen LogP contribution >= 0.6 is 15.9 Å². The van der Waals surface area contributed by atoms with E-state index in [1.54, 1.807) is 23.1 Å². The zero-order valence-corrected chi connectivity index (χ0v) is 11.9. The number of halogens is 2. The Hall–Kier alpha value is -1.95. The molecule has 0 saturated carbocycles. The fraction of sp³-hybridized carbons (Fsp3) is 0.143. The van der Waals surface area contributed by atoms with E-state index in [1.165, 1.54) is 18.2 Å². The van der Waals surface area contributed by atoms with E-state index in [0.717, 1.165) is 12.0 Å². The molecule has 3 rings (SSSR count). The molecular weight excluding hydrogens is 327 g/mol. The maximum atomic E-state index is 13.4. The molecule has 0 saturated heterocycles. The lowest BCUT2D eigenvalue weighted by Crippen LogP contribution is -2.15. The minimum Gasteiger partial charge on any atom is -0.335 e. The van der Waals surface area contributed by atoms with Crippen LogP contribution in [0.15, 0.2) is 40.9 Å². The molecule has 1 heterocycles. The first-order valence-electron chi connectivity index (χ1n) is 6.06. The van der Waals surface area contributed by atoms with Crippen molar-refractivity contribution < 1.29 is 9.31 Å². The van der Waals surface area contributed by atoms with E-state index in [4.69, 9.17) is 0 Å². The van der Waals surface area contributed by atoms with Gasteiger partial charge in [0.15, 0.2) is 0 Å². The number of benzene rings is 2. The maximum absolute atomic E-state index is 13.4. The summed E-state index contributed by atoms with van der Waals surface area (Å²) < 4.78 is 14.1. The molecule has 0 unspecified atom stereocenters. The molecule has 0 N–H and O–H groups in total. The van der Waals surface area contributed by atoms with E-state index in [-0.39, 0.29) is 11.5 Å². The quantitative estimate of drug-likeness (QED) is 0.610. The number of anilines is 2. The van der Waals surface area contributed by atoms with Crippen molar-refractivity contribution in [1.82, 2.24) is 0 Å². The van der Waals surface area contributed by atoms with Gasteiger partial charge in [-0.2, -0.15) is 0 Å². The predicted molar refractivity (Wildman–Crippen MR) is 77.9 cm³/mol. The average molecular weight is 337 g/mol. The third kappa shape index (κ3) is 2.16. The minimum atomic E-state index is -0.419. The van der Waals surface area contributed by atoms with Crippen molar-refractivity contribution >= 4 is 33.0 Å². The third-order valence-electron chi connectivity index (χ3n) is 3.37. The topological polar surface area (TPSA) is 46.4 Å². The smallest absolute Gasteiger partial charge is 0.294 e. The molecule has 0 atom stereocenters. The van der Waals surface area contributed by atoms with Crippen molar-refractivity contribution in [2.24, 2.45) is 0 Å². The van der Waals surface area contributed by atoms with Crippen molar-refractivity contribution in [3.8, 4) is 0 Å². The summed E-state index contributed by atoms with van der Waals surface area (Å²) in [5, 5.41) is 11.2. The van der Waals surface area contributed by atoms with Crippen molar-refractivity contribution in [3.63, 3.8) is 0 Å². The standard InChI is InChI=1S/C14H10BrFN2O2/c15-10-2-4-12(14(7-10)18(19)20)17-6-5-9-1-3-11(16)8-13(9)17/h1-4,7-8H,5-6H2. The fourth-order valence-corrected chi connectivity index (χ4v) is 2.82. The first-order chi connectivity index (χ1) is 9.56. The van der Waals surface area contributed by atoms with Crippen molar-refractivity contribution in [3.05, 3.63) is 62.4 Å². The Morgan fingerprint density at radius 3 is 2.75 bits per heavy atom. The van der Waals surface area contributed by atoms with E-state index >= 15 is 0 Å². The second-order valence-electron chi connectivity index (χ2n) is 4.56. The van der Waals surface area contributed by atoms with E-state index in [0.29, 0.717) is 22.4 Å². The molecule has 0 bridgehead atoms. The summed E-state index contributed by atoms with van der Waals surface area (Å²) in [6, 6.07) is 9.47. The fourth-order valence-electron chi connectivity index (χ4n) is 2.47. The lowest BCUT2D eigenvalue weighted by molar-refractivity contribution is -0.384. The van der Waals surface area contributed by atoms with Crippen molar-refractivity contribution in [2.45, 2.75) is 6.42 Å². The Bertz CT molecular complexity index is 706. The van der Waals surface area contributed by atoms with Crippen LogP contribution in [0.25, 0.3) is 0 Å². The molecule has 0 fully saturated rings. The molecule has 1 aliphatic rings. The van der Waals surface area contributed by atoms with Gasteiger partial charge in [0, 0.05) is 22.8 Å². The summed E-state index contributed by atoms with van der Waals surface area (Å²) in [4.78, 5) is 12.6. The van der Waals surface area contributed by atoms with Gasteiger partial charge in [0.05, 0.1) is 4.92 Å². The summed E-state index contributed by atoms with van der Waals surface area (Å²) >= 11 is 3.23. The van der Waals surface area contributed by atoms with Gasteiger partial charge in [-0.25, -0.2) is 4.39 Å². The van der Waals surface area contributed by atoms with Crippen LogP contribution < -0.4 is 4.90 Å². The lowest BCUT2D eigenvalue weighted by Gasteiger charge is -2.19. The monoisotopic (exact) mass is 336 g/mol. The Kier molecular flexibility index (Phi) is 3.17. The molecule has 2 aromatic rings. The molecule has 0 amide bonds. The van der Waals surface area contributed by atoms with Crippen LogP contribution in [0.5, 0.6) is 0 Å².